The van der Waals surface area contributed by atoms with Crippen LogP contribution in [-0.4, -0.2) is 31.2 Å². The Morgan fingerprint density at radius 1 is 1.00 bits per heavy atom. The smallest absolute Gasteiger partial charge is 0.195 e. The van der Waals surface area contributed by atoms with Gasteiger partial charge in [0.15, 0.2) is 17.5 Å². The molecule has 0 bridgehead atoms. The number of hydrogen-bond donors (Lipinski definition) is 2. The second kappa shape index (κ2) is 9.10. The van der Waals surface area contributed by atoms with Gasteiger partial charge in [-0.05, 0) is 35.9 Å². The summed E-state index contributed by atoms with van der Waals surface area (Å²) in [6.45, 7) is 1.99. The molecule has 0 atom stereocenters. The van der Waals surface area contributed by atoms with Crippen LogP contribution in [0.4, 0.5) is 5.69 Å². The van der Waals surface area contributed by atoms with Crippen molar-refractivity contribution in [2.24, 2.45) is 4.99 Å². The van der Waals surface area contributed by atoms with E-state index in [1.54, 1.807) is 13.2 Å². The van der Waals surface area contributed by atoms with Gasteiger partial charge in [-0.15, -0.1) is 0 Å². The molecule has 29 heavy (non-hydrogen) atoms. The van der Waals surface area contributed by atoms with Gasteiger partial charge in [0.25, 0.3) is 0 Å². The van der Waals surface area contributed by atoms with E-state index in [4.69, 9.17) is 9.47 Å². The summed E-state index contributed by atoms with van der Waals surface area (Å²) < 4.78 is 11.4. The molecule has 0 aliphatic carbocycles. The molecule has 0 saturated carbocycles. The predicted octanol–water partition coefficient (Wildman–Crippen LogP) is 4.10. The number of ether oxygens (including phenoxy) is 2. The monoisotopic (exact) mass is 388 g/mol. The summed E-state index contributed by atoms with van der Waals surface area (Å²) in [7, 11) is 1.75. The minimum absolute atomic E-state index is 0.644. The van der Waals surface area contributed by atoms with Gasteiger partial charge >= 0.3 is 0 Å². The number of nitrogens with one attached hydrogen (secondary N) is 2. The molecular weight excluding hydrogens is 364 g/mol. The highest BCUT2D eigenvalue weighted by Crippen LogP contribution is 2.32. The van der Waals surface area contributed by atoms with Gasteiger partial charge in [-0.25, -0.2) is 0 Å². The summed E-state index contributed by atoms with van der Waals surface area (Å²) in [4.78, 5) is 8.74. The molecule has 1 aliphatic rings. The van der Waals surface area contributed by atoms with Crippen LogP contribution >= 0.6 is 0 Å². The van der Waals surface area contributed by atoms with Gasteiger partial charge in [0.05, 0.1) is 18.9 Å². The normalized spacial score (nSPS) is 13.5. The molecular formula is C23H24N4O2. The lowest BCUT2D eigenvalue weighted by Gasteiger charge is -2.14. The van der Waals surface area contributed by atoms with Gasteiger partial charge in [0.1, 0.15) is 0 Å². The van der Waals surface area contributed by atoms with E-state index in [0.29, 0.717) is 25.7 Å². The van der Waals surface area contributed by atoms with Crippen molar-refractivity contribution in [3.8, 4) is 22.8 Å². The number of guanidine groups is 1. The number of benzene rings is 2. The largest absolute Gasteiger partial charge is 0.490 e. The molecule has 0 spiro atoms. The number of nitrogens with zero attached hydrogens (tertiary/aromatic N) is 2. The van der Waals surface area contributed by atoms with E-state index >= 15 is 0 Å². The number of rotatable bonds is 4. The SMILES string of the molecule is CN=C(NCc1cccc(-c2ccccn2)c1)Nc1ccc2c(c1)OCCCO2. The van der Waals surface area contributed by atoms with Gasteiger partial charge < -0.3 is 20.1 Å². The Labute approximate surface area is 170 Å². The second-order valence-corrected chi connectivity index (χ2v) is 6.68. The third-order valence-electron chi connectivity index (χ3n) is 4.58. The first-order valence-electron chi connectivity index (χ1n) is 9.69. The highest BCUT2D eigenvalue weighted by Gasteiger charge is 2.11. The van der Waals surface area contributed by atoms with E-state index in [-0.39, 0.29) is 0 Å². The molecule has 2 aromatic carbocycles. The molecule has 4 rings (SSSR count). The van der Waals surface area contributed by atoms with E-state index in [0.717, 1.165) is 40.4 Å². The van der Waals surface area contributed by atoms with Gasteiger partial charge in [-0.1, -0.05) is 24.3 Å². The standard InChI is InChI=1S/C23H24N4O2/c1-24-23(27-19-9-10-21-22(15-19)29-13-5-12-28-21)26-16-17-6-4-7-18(14-17)20-8-2-3-11-25-20/h2-4,6-11,14-15H,5,12-13,16H2,1H3,(H2,24,26,27). The van der Waals surface area contributed by atoms with Crippen LogP contribution in [0, 0.1) is 0 Å². The summed E-state index contributed by atoms with van der Waals surface area (Å²) >= 11 is 0. The maximum absolute atomic E-state index is 5.76. The van der Waals surface area contributed by atoms with Crippen LogP contribution in [0.1, 0.15) is 12.0 Å². The number of anilines is 1. The number of fused-ring (bicyclic) bond motifs is 1. The molecule has 2 N–H and O–H groups in total. The lowest BCUT2D eigenvalue weighted by molar-refractivity contribution is 0.297. The highest BCUT2D eigenvalue weighted by atomic mass is 16.5. The van der Waals surface area contributed by atoms with Gasteiger partial charge in [-0.2, -0.15) is 0 Å². The van der Waals surface area contributed by atoms with Crippen LogP contribution in [0.5, 0.6) is 11.5 Å². The molecule has 2 heterocycles. The Balaban J connectivity index is 1.41. The zero-order chi connectivity index (χ0) is 19.9. The Kier molecular flexibility index (Phi) is 5.90. The Bertz CT molecular complexity index is 989. The molecule has 0 unspecified atom stereocenters. The fraction of sp³-hybridized carbons (Fsp3) is 0.217. The topological polar surface area (TPSA) is 67.8 Å². The third kappa shape index (κ3) is 4.85. The number of hydrogen-bond acceptors (Lipinski definition) is 4. The average Bonchev–Trinajstić information content (AvgIpc) is 3.02. The first-order valence-corrected chi connectivity index (χ1v) is 9.69. The van der Waals surface area contributed by atoms with E-state index < -0.39 is 0 Å². The molecule has 0 amide bonds. The molecule has 0 saturated heterocycles. The van der Waals surface area contributed by atoms with Crippen LogP contribution in [0.2, 0.25) is 0 Å². The maximum Gasteiger partial charge on any atom is 0.195 e. The summed E-state index contributed by atoms with van der Waals surface area (Å²) in [5.74, 6) is 2.22. The lowest BCUT2D eigenvalue weighted by atomic mass is 10.1. The van der Waals surface area contributed by atoms with Crippen molar-refractivity contribution < 1.29 is 9.47 Å². The van der Waals surface area contributed by atoms with Crippen LogP contribution in [0.25, 0.3) is 11.3 Å². The van der Waals surface area contributed by atoms with E-state index in [1.807, 2.05) is 42.5 Å². The van der Waals surface area contributed by atoms with Gasteiger partial charge in [-0.3, -0.25) is 9.98 Å². The van der Waals surface area contributed by atoms with Crippen molar-refractivity contribution in [1.82, 2.24) is 10.3 Å². The van der Waals surface area contributed by atoms with E-state index in [1.165, 1.54) is 0 Å². The van der Waals surface area contributed by atoms with Gasteiger partial charge in [0, 0.05) is 43.5 Å². The molecule has 1 aliphatic heterocycles. The summed E-state index contributed by atoms with van der Waals surface area (Å²) in [6, 6.07) is 20.1. The Morgan fingerprint density at radius 2 is 1.90 bits per heavy atom. The molecule has 3 aromatic rings. The van der Waals surface area contributed by atoms with Crippen molar-refractivity contribution in [2.45, 2.75) is 13.0 Å². The molecule has 6 nitrogen and oxygen atoms in total. The first-order chi connectivity index (χ1) is 14.3. The van der Waals surface area contributed by atoms with E-state index in [2.05, 4.69) is 38.8 Å². The number of pyridine rings is 1. The van der Waals surface area contributed by atoms with Crippen molar-refractivity contribution in [2.75, 3.05) is 25.6 Å². The zero-order valence-corrected chi connectivity index (χ0v) is 16.4. The summed E-state index contributed by atoms with van der Waals surface area (Å²) in [5, 5.41) is 6.66. The molecule has 1 aromatic heterocycles. The lowest BCUT2D eigenvalue weighted by Crippen LogP contribution is -2.30. The fourth-order valence-electron chi connectivity index (χ4n) is 3.12. The van der Waals surface area contributed by atoms with E-state index in [9.17, 15) is 0 Å². The van der Waals surface area contributed by atoms with Crippen molar-refractivity contribution in [3.05, 3.63) is 72.4 Å². The first kappa shape index (κ1) is 18.8. The fourth-order valence-corrected chi connectivity index (χ4v) is 3.12. The Hall–Kier alpha value is -3.54. The Morgan fingerprint density at radius 3 is 2.72 bits per heavy atom. The quantitative estimate of drug-likeness (QED) is 0.520. The van der Waals surface area contributed by atoms with Crippen LogP contribution < -0.4 is 20.1 Å². The third-order valence-corrected chi connectivity index (χ3v) is 4.58. The zero-order valence-electron chi connectivity index (χ0n) is 16.4. The number of aliphatic imine (C=N–C) groups is 1. The summed E-state index contributed by atoms with van der Waals surface area (Å²) in [6.07, 6.45) is 2.69. The van der Waals surface area contributed by atoms with Crippen LogP contribution in [-0.2, 0) is 6.54 Å². The second-order valence-electron chi connectivity index (χ2n) is 6.68. The average molecular weight is 388 g/mol. The maximum atomic E-state index is 5.76. The molecule has 0 radical (unpaired) electrons. The number of aromatic nitrogens is 1. The minimum atomic E-state index is 0.644. The minimum Gasteiger partial charge on any atom is -0.490 e. The molecule has 6 heteroatoms. The van der Waals surface area contributed by atoms with Crippen molar-refractivity contribution in [1.29, 1.82) is 0 Å². The molecule has 148 valence electrons. The van der Waals surface area contributed by atoms with Crippen LogP contribution in [0.3, 0.4) is 0 Å². The predicted molar refractivity (Wildman–Crippen MR) is 116 cm³/mol. The molecule has 0 fully saturated rings. The van der Waals surface area contributed by atoms with Crippen molar-refractivity contribution >= 4 is 11.6 Å². The van der Waals surface area contributed by atoms with Crippen LogP contribution in [0.15, 0.2) is 71.9 Å². The van der Waals surface area contributed by atoms with Crippen molar-refractivity contribution in [3.63, 3.8) is 0 Å². The van der Waals surface area contributed by atoms with Gasteiger partial charge in [0.2, 0.25) is 0 Å². The highest BCUT2D eigenvalue weighted by molar-refractivity contribution is 5.93. The summed E-state index contributed by atoms with van der Waals surface area (Å²) in [5.41, 5.74) is 4.10.